The lowest BCUT2D eigenvalue weighted by Crippen LogP contribution is -2.27. The molecule has 6 heterocycles. The van der Waals surface area contributed by atoms with Crippen molar-refractivity contribution in [1.82, 2.24) is 35.5 Å². The Morgan fingerprint density at radius 1 is 0.966 bits per heavy atom. The molecular formula is C21H19N7O. The Hall–Kier alpha value is -3.52. The number of aromatic amines is 2. The van der Waals surface area contributed by atoms with Crippen LogP contribution in [0.5, 0.6) is 0 Å². The Balaban J connectivity index is 1.48. The highest BCUT2D eigenvalue weighted by molar-refractivity contribution is 5.95. The number of fused-ring (bicyclic) bond motifs is 2. The summed E-state index contributed by atoms with van der Waals surface area (Å²) in [5.41, 5.74) is 7.15. The van der Waals surface area contributed by atoms with Gasteiger partial charge in [-0.2, -0.15) is 5.10 Å². The van der Waals surface area contributed by atoms with E-state index in [1.807, 2.05) is 6.07 Å². The molecule has 5 aromatic rings. The maximum absolute atomic E-state index is 5.23. The van der Waals surface area contributed by atoms with Gasteiger partial charge in [-0.1, -0.05) is 0 Å². The summed E-state index contributed by atoms with van der Waals surface area (Å²) in [5, 5.41) is 11.0. The zero-order chi connectivity index (χ0) is 19.2. The normalized spacial score (nSPS) is 15.4. The number of nitrogens with zero attached hydrogens (tertiary/aromatic N) is 4. The van der Waals surface area contributed by atoms with Gasteiger partial charge in [-0.3, -0.25) is 10.1 Å². The van der Waals surface area contributed by atoms with Crippen molar-refractivity contribution in [2.24, 2.45) is 0 Å². The second-order valence-corrected chi connectivity index (χ2v) is 7.41. The molecule has 1 saturated heterocycles. The fraction of sp³-hybridized carbons (Fsp3) is 0.238. The Morgan fingerprint density at radius 3 is 2.76 bits per heavy atom. The van der Waals surface area contributed by atoms with Crippen molar-refractivity contribution in [3.8, 4) is 22.6 Å². The van der Waals surface area contributed by atoms with Crippen LogP contribution in [-0.2, 0) is 0 Å². The fourth-order valence-electron chi connectivity index (χ4n) is 4.10. The summed E-state index contributed by atoms with van der Waals surface area (Å²) in [6, 6.07) is 6.08. The van der Waals surface area contributed by atoms with Gasteiger partial charge in [-0.05, 0) is 44.1 Å². The Morgan fingerprint density at radius 2 is 1.90 bits per heavy atom. The predicted molar refractivity (Wildman–Crippen MR) is 109 cm³/mol. The van der Waals surface area contributed by atoms with E-state index in [0.29, 0.717) is 11.7 Å². The molecule has 1 aliphatic rings. The zero-order valence-electron chi connectivity index (χ0n) is 15.6. The summed E-state index contributed by atoms with van der Waals surface area (Å²) in [6.07, 6.45) is 9.13. The number of nitrogens with one attached hydrogen (secondary N) is 3. The van der Waals surface area contributed by atoms with Gasteiger partial charge in [-0.15, -0.1) is 0 Å². The van der Waals surface area contributed by atoms with Gasteiger partial charge in [0.05, 0.1) is 29.8 Å². The van der Waals surface area contributed by atoms with E-state index in [4.69, 9.17) is 14.4 Å². The maximum Gasteiger partial charge on any atom is 0.161 e. The van der Waals surface area contributed by atoms with Crippen LogP contribution < -0.4 is 5.32 Å². The van der Waals surface area contributed by atoms with Crippen molar-refractivity contribution >= 4 is 22.1 Å². The van der Waals surface area contributed by atoms with Gasteiger partial charge < -0.3 is 14.7 Å². The summed E-state index contributed by atoms with van der Waals surface area (Å²) in [4.78, 5) is 17.5. The molecule has 29 heavy (non-hydrogen) atoms. The molecule has 0 aromatic carbocycles. The van der Waals surface area contributed by atoms with E-state index in [-0.39, 0.29) is 0 Å². The topological polar surface area (TPSA) is 108 Å². The molecule has 0 unspecified atom stereocenters. The van der Waals surface area contributed by atoms with Gasteiger partial charge in [-0.25, -0.2) is 9.97 Å². The first kappa shape index (κ1) is 16.4. The molecule has 0 saturated carbocycles. The standard InChI is InChI=1S/C21H19N7O/c1-2-16-19(24-15(1)12-3-6-22-7-4-12)20(28-27-16)21-25-17-10-23-9-14(18(17)26-21)13-5-8-29-11-13/h1-2,5,8-12,22H,3-4,6-7H2,(H,25,26)(H,27,28). The summed E-state index contributed by atoms with van der Waals surface area (Å²) in [7, 11) is 0. The molecule has 8 heteroatoms. The predicted octanol–water partition coefficient (Wildman–Crippen LogP) is 3.62. The third-order valence-corrected chi connectivity index (χ3v) is 5.64. The van der Waals surface area contributed by atoms with Crippen molar-refractivity contribution in [1.29, 1.82) is 0 Å². The van der Waals surface area contributed by atoms with E-state index in [1.54, 1.807) is 24.9 Å². The maximum atomic E-state index is 5.23. The SMILES string of the molecule is c1cc(-c2cncc3[nH]c(-c4n[nH]c5ccc(C6CCNCC6)nc45)nc23)co1. The van der Waals surface area contributed by atoms with E-state index in [9.17, 15) is 0 Å². The monoisotopic (exact) mass is 385 g/mol. The number of H-pyrrole nitrogens is 2. The lowest BCUT2D eigenvalue weighted by molar-refractivity contribution is 0.454. The average Bonchev–Trinajstić information content (AvgIpc) is 3.52. The number of pyridine rings is 2. The van der Waals surface area contributed by atoms with Crippen LogP contribution in [0.3, 0.4) is 0 Å². The van der Waals surface area contributed by atoms with Crippen molar-refractivity contribution in [2.75, 3.05) is 13.1 Å². The first-order valence-electron chi connectivity index (χ1n) is 9.79. The Bertz CT molecular complexity index is 1300. The van der Waals surface area contributed by atoms with Crippen LogP contribution in [0.2, 0.25) is 0 Å². The summed E-state index contributed by atoms with van der Waals surface area (Å²) in [6.45, 7) is 2.08. The molecular weight excluding hydrogens is 366 g/mol. The lowest BCUT2D eigenvalue weighted by Gasteiger charge is -2.22. The highest BCUT2D eigenvalue weighted by atomic mass is 16.3. The zero-order valence-corrected chi connectivity index (χ0v) is 15.6. The van der Waals surface area contributed by atoms with Crippen LogP contribution in [0.25, 0.3) is 44.7 Å². The molecule has 0 atom stereocenters. The molecule has 0 spiro atoms. The largest absolute Gasteiger partial charge is 0.472 e. The number of piperidine rings is 1. The van der Waals surface area contributed by atoms with E-state index < -0.39 is 0 Å². The van der Waals surface area contributed by atoms with Crippen LogP contribution in [0.15, 0.2) is 47.5 Å². The number of furan rings is 1. The quantitative estimate of drug-likeness (QED) is 0.438. The molecule has 0 amide bonds. The first-order valence-corrected chi connectivity index (χ1v) is 9.79. The van der Waals surface area contributed by atoms with Crippen molar-refractivity contribution in [3.05, 3.63) is 48.8 Å². The van der Waals surface area contributed by atoms with Crippen molar-refractivity contribution in [3.63, 3.8) is 0 Å². The molecule has 8 nitrogen and oxygen atoms in total. The van der Waals surface area contributed by atoms with Gasteiger partial charge in [0.25, 0.3) is 0 Å². The number of aromatic nitrogens is 6. The first-order chi connectivity index (χ1) is 14.4. The van der Waals surface area contributed by atoms with E-state index >= 15 is 0 Å². The molecule has 5 aromatic heterocycles. The van der Waals surface area contributed by atoms with Crippen molar-refractivity contribution in [2.45, 2.75) is 18.8 Å². The molecule has 0 radical (unpaired) electrons. The fourth-order valence-corrected chi connectivity index (χ4v) is 4.10. The number of hydrogen-bond acceptors (Lipinski definition) is 6. The number of hydrogen-bond donors (Lipinski definition) is 3. The highest BCUT2D eigenvalue weighted by Crippen LogP contribution is 2.31. The minimum atomic E-state index is 0.482. The summed E-state index contributed by atoms with van der Waals surface area (Å²) < 4.78 is 5.23. The molecule has 144 valence electrons. The van der Waals surface area contributed by atoms with E-state index in [1.165, 1.54) is 0 Å². The Kier molecular flexibility index (Phi) is 3.70. The molecule has 6 rings (SSSR count). The lowest BCUT2D eigenvalue weighted by atomic mass is 9.94. The molecule has 0 bridgehead atoms. The van der Waals surface area contributed by atoms with Crippen LogP contribution in [0.4, 0.5) is 0 Å². The minimum absolute atomic E-state index is 0.482. The smallest absolute Gasteiger partial charge is 0.161 e. The molecule has 1 fully saturated rings. The minimum Gasteiger partial charge on any atom is -0.472 e. The van der Waals surface area contributed by atoms with Gasteiger partial charge in [0.15, 0.2) is 11.5 Å². The van der Waals surface area contributed by atoms with Crippen LogP contribution in [-0.4, -0.2) is 43.2 Å². The van der Waals surface area contributed by atoms with Crippen LogP contribution in [0, 0.1) is 0 Å². The summed E-state index contributed by atoms with van der Waals surface area (Å²) >= 11 is 0. The molecule has 1 aliphatic heterocycles. The third-order valence-electron chi connectivity index (χ3n) is 5.64. The molecule has 3 N–H and O–H groups in total. The van der Waals surface area contributed by atoms with Crippen LogP contribution in [0.1, 0.15) is 24.5 Å². The molecule has 0 aliphatic carbocycles. The van der Waals surface area contributed by atoms with Gasteiger partial charge in [0.1, 0.15) is 11.0 Å². The Labute approximate surface area is 165 Å². The number of rotatable bonds is 3. The average molecular weight is 385 g/mol. The summed E-state index contributed by atoms with van der Waals surface area (Å²) in [5.74, 6) is 1.16. The third kappa shape index (κ3) is 2.72. The van der Waals surface area contributed by atoms with E-state index in [0.717, 1.165) is 70.5 Å². The second kappa shape index (κ2) is 6.52. The van der Waals surface area contributed by atoms with Gasteiger partial charge in [0.2, 0.25) is 0 Å². The highest BCUT2D eigenvalue weighted by Gasteiger charge is 2.20. The van der Waals surface area contributed by atoms with Crippen molar-refractivity contribution < 1.29 is 4.42 Å². The van der Waals surface area contributed by atoms with Gasteiger partial charge >= 0.3 is 0 Å². The second-order valence-electron chi connectivity index (χ2n) is 7.41. The van der Waals surface area contributed by atoms with Gasteiger partial charge in [0, 0.05) is 28.9 Å². The van der Waals surface area contributed by atoms with Crippen LogP contribution >= 0.6 is 0 Å². The van der Waals surface area contributed by atoms with E-state index in [2.05, 4.69) is 37.6 Å². The number of imidazole rings is 1.